The first-order valence-corrected chi connectivity index (χ1v) is 4.91. The van der Waals surface area contributed by atoms with Crippen molar-refractivity contribution in [3.63, 3.8) is 0 Å². The average molecular weight is 229 g/mol. The molecule has 0 aliphatic carbocycles. The maximum absolute atomic E-state index is 11.0. The third-order valence-electron chi connectivity index (χ3n) is 2.40. The van der Waals surface area contributed by atoms with E-state index < -0.39 is 5.97 Å². The lowest BCUT2D eigenvalue weighted by atomic mass is 9.99. The monoisotopic (exact) mass is 229 g/mol. The van der Waals surface area contributed by atoms with Crippen molar-refractivity contribution in [2.24, 2.45) is 0 Å². The smallest absolute Gasteiger partial charge is 0.336 e. The molecule has 0 heterocycles. The van der Waals surface area contributed by atoms with Crippen LogP contribution in [0.3, 0.4) is 0 Å². The van der Waals surface area contributed by atoms with Crippen LogP contribution in [0, 0.1) is 0 Å². The van der Waals surface area contributed by atoms with Crippen molar-refractivity contribution in [3.8, 4) is 22.6 Å². The molecule has 0 saturated carbocycles. The van der Waals surface area contributed by atoms with Gasteiger partial charge < -0.3 is 15.3 Å². The summed E-state index contributed by atoms with van der Waals surface area (Å²) in [6.45, 7) is 0. The number of carboxylic acids is 1. The number of phenols is 1. The van der Waals surface area contributed by atoms with Crippen LogP contribution in [0.15, 0.2) is 42.5 Å². The Kier molecular flexibility index (Phi) is 2.70. The first kappa shape index (κ1) is 11.0. The third kappa shape index (κ3) is 2.20. The Labute approximate surface area is 97.4 Å². The molecule has 0 atom stereocenters. The molecule has 0 unspecified atom stereocenters. The highest BCUT2D eigenvalue weighted by molar-refractivity contribution is 5.96. The predicted molar refractivity (Wildman–Crippen MR) is 59.9 cm³/mol. The fourth-order valence-electron chi connectivity index (χ4n) is 1.59. The number of hydrogen-bond acceptors (Lipinski definition) is 3. The maximum atomic E-state index is 11.0. The van der Waals surface area contributed by atoms with Crippen molar-refractivity contribution in [1.29, 1.82) is 0 Å². The summed E-state index contributed by atoms with van der Waals surface area (Å²) < 4.78 is 0. The van der Waals surface area contributed by atoms with Gasteiger partial charge in [0.05, 0.1) is 5.56 Å². The maximum Gasteiger partial charge on any atom is 0.336 e. The molecule has 2 rings (SSSR count). The lowest BCUT2D eigenvalue weighted by molar-refractivity contribution is -0.268. The molecule has 0 aliphatic rings. The number of phenolic OH excluding ortho intramolecular Hbond substituents is 1. The summed E-state index contributed by atoms with van der Waals surface area (Å²) in [6.07, 6.45) is 0. The minimum absolute atomic E-state index is 0.0174. The summed E-state index contributed by atoms with van der Waals surface area (Å²) in [5.74, 6) is -1.24. The molecule has 17 heavy (non-hydrogen) atoms. The van der Waals surface area contributed by atoms with Gasteiger partial charge in [0.2, 0.25) is 0 Å². The highest BCUT2D eigenvalue weighted by Gasteiger charge is 2.11. The standard InChI is InChI=1S/C13H10O4/c14-9-3-1-8(2-4-9)12-7-10(15)5-6-11(12)13(16)17/h1-7,14-15H,(H,16,17)/p-1. The van der Waals surface area contributed by atoms with E-state index in [0.29, 0.717) is 11.1 Å². The van der Waals surface area contributed by atoms with Gasteiger partial charge in [0, 0.05) is 0 Å². The number of aromatic hydroxyl groups is 1. The van der Waals surface area contributed by atoms with Gasteiger partial charge in [-0.05, 0) is 29.3 Å². The zero-order valence-electron chi connectivity index (χ0n) is 8.75. The predicted octanol–water partition coefficient (Wildman–Crippen LogP) is 1.83. The van der Waals surface area contributed by atoms with Crippen LogP contribution >= 0.6 is 0 Å². The summed E-state index contributed by atoms with van der Waals surface area (Å²) in [5, 5.41) is 29.4. The van der Waals surface area contributed by atoms with Crippen LogP contribution in [0.1, 0.15) is 10.4 Å². The summed E-state index contributed by atoms with van der Waals surface area (Å²) >= 11 is 0. The number of benzene rings is 2. The Bertz CT molecular complexity index is 558. The zero-order chi connectivity index (χ0) is 12.4. The van der Waals surface area contributed by atoms with Crippen LogP contribution in [0.5, 0.6) is 11.5 Å². The van der Waals surface area contributed by atoms with E-state index in [2.05, 4.69) is 0 Å². The van der Waals surface area contributed by atoms with Gasteiger partial charge in [0.15, 0.2) is 0 Å². The van der Waals surface area contributed by atoms with Crippen LogP contribution in [-0.4, -0.2) is 16.2 Å². The molecule has 4 nitrogen and oxygen atoms in total. The molecule has 0 bridgehead atoms. The van der Waals surface area contributed by atoms with E-state index in [1.165, 1.54) is 42.5 Å². The van der Waals surface area contributed by atoms with Gasteiger partial charge >= 0.3 is 5.97 Å². The van der Waals surface area contributed by atoms with Crippen molar-refractivity contribution in [2.45, 2.75) is 0 Å². The minimum atomic E-state index is -1.08. The molecule has 0 saturated heterocycles. The lowest BCUT2D eigenvalue weighted by Gasteiger charge is -2.09. The first-order chi connectivity index (χ1) is 8.08. The van der Waals surface area contributed by atoms with Gasteiger partial charge in [-0.25, -0.2) is 4.79 Å². The molecule has 0 spiro atoms. The van der Waals surface area contributed by atoms with Gasteiger partial charge in [-0.15, -0.1) is 5.75 Å². The van der Waals surface area contributed by atoms with E-state index in [-0.39, 0.29) is 17.1 Å². The normalized spacial score (nSPS) is 10.1. The number of carbonyl (C=O) groups is 1. The number of aromatic carboxylic acids is 1. The molecule has 2 N–H and O–H groups in total. The summed E-state index contributed by atoms with van der Waals surface area (Å²) in [4.78, 5) is 11.0. The van der Waals surface area contributed by atoms with Gasteiger partial charge in [-0.1, -0.05) is 24.3 Å². The lowest BCUT2D eigenvalue weighted by Crippen LogP contribution is -1.99. The third-order valence-corrected chi connectivity index (χ3v) is 2.40. The van der Waals surface area contributed by atoms with Gasteiger partial charge in [-0.2, -0.15) is 0 Å². The molecular formula is C13H9O4-. The van der Waals surface area contributed by atoms with Crippen molar-refractivity contribution >= 4 is 5.97 Å². The SMILES string of the molecule is O=C(O)c1ccc(O)cc1-c1ccc([O-])cc1. The number of hydrogen-bond donors (Lipinski definition) is 2. The fourth-order valence-corrected chi connectivity index (χ4v) is 1.59. The van der Waals surface area contributed by atoms with Gasteiger partial charge in [-0.3, -0.25) is 0 Å². The second-order valence-corrected chi connectivity index (χ2v) is 3.56. The second-order valence-electron chi connectivity index (χ2n) is 3.56. The zero-order valence-corrected chi connectivity index (χ0v) is 8.75. The quantitative estimate of drug-likeness (QED) is 0.823. The van der Waals surface area contributed by atoms with Crippen molar-refractivity contribution in [2.75, 3.05) is 0 Å². The Hall–Kier alpha value is -2.49. The fraction of sp³-hybridized carbons (Fsp3) is 0. The average Bonchev–Trinajstić information content (AvgIpc) is 2.29. The molecule has 86 valence electrons. The number of carboxylic acid groups (broad SMARTS) is 1. The summed E-state index contributed by atoms with van der Waals surface area (Å²) in [6, 6.07) is 9.78. The van der Waals surface area contributed by atoms with Crippen molar-refractivity contribution < 1.29 is 20.1 Å². The molecule has 0 fully saturated rings. The van der Waals surface area contributed by atoms with Crippen molar-refractivity contribution in [1.82, 2.24) is 0 Å². The van der Waals surface area contributed by atoms with E-state index in [4.69, 9.17) is 5.11 Å². The largest absolute Gasteiger partial charge is 0.872 e. The van der Waals surface area contributed by atoms with Gasteiger partial charge in [0.25, 0.3) is 0 Å². The van der Waals surface area contributed by atoms with E-state index in [9.17, 15) is 15.0 Å². The molecule has 4 heteroatoms. The highest BCUT2D eigenvalue weighted by atomic mass is 16.4. The highest BCUT2D eigenvalue weighted by Crippen LogP contribution is 2.28. The van der Waals surface area contributed by atoms with E-state index in [1.807, 2.05) is 0 Å². The van der Waals surface area contributed by atoms with Crippen LogP contribution in [0.2, 0.25) is 0 Å². The second kappa shape index (κ2) is 4.17. The molecular weight excluding hydrogens is 220 g/mol. The van der Waals surface area contributed by atoms with Crippen molar-refractivity contribution in [3.05, 3.63) is 48.0 Å². The summed E-state index contributed by atoms with van der Waals surface area (Å²) in [5.41, 5.74) is 1.05. The molecule has 0 radical (unpaired) electrons. The van der Waals surface area contributed by atoms with E-state index in [1.54, 1.807) is 0 Å². The minimum Gasteiger partial charge on any atom is -0.872 e. The topological polar surface area (TPSA) is 80.6 Å². The van der Waals surface area contributed by atoms with E-state index >= 15 is 0 Å². The summed E-state index contributed by atoms with van der Waals surface area (Å²) in [7, 11) is 0. The Morgan fingerprint density at radius 3 is 2.29 bits per heavy atom. The Balaban J connectivity index is 2.60. The molecule has 0 amide bonds. The molecule has 0 aromatic heterocycles. The van der Waals surface area contributed by atoms with Crippen LogP contribution < -0.4 is 5.11 Å². The molecule has 2 aromatic carbocycles. The van der Waals surface area contributed by atoms with Gasteiger partial charge in [0.1, 0.15) is 5.75 Å². The molecule has 2 aromatic rings. The molecule has 0 aliphatic heterocycles. The van der Waals surface area contributed by atoms with Crippen LogP contribution in [-0.2, 0) is 0 Å². The Morgan fingerprint density at radius 2 is 1.71 bits per heavy atom. The van der Waals surface area contributed by atoms with Crippen LogP contribution in [0.4, 0.5) is 0 Å². The Morgan fingerprint density at radius 1 is 1.06 bits per heavy atom. The van der Waals surface area contributed by atoms with Crippen LogP contribution in [0.25, 0.3) is 11.1 Å². The first-order valence-electron chi connectivity index (χ1n) is 4.91. The van der Waals surface area contributed by atoms with E-state index in [0.717, 1.165) is 0 Å². The number of rotatable bonds is 2.